The molecule has 1 atom stereocenters. The zero-order valence-electron chi connectivity index (χ0n) is 11.2. The number of benzene rings is 3. The molecule has 0 heterocycles. The first-order valence-corrected chi connectivity index (χ1v) is 7.62. The van der Waals surface area contributed by atoms with E-state index in [1.807, 2.05) is 18.2 Å². The summed E-state index contributed by atoms with van der Waals surface area (Å²) in [6.45, 7) is 0. The summed E-state index contributed by atoms with van der Waals surface area (Å²) in [7, 11) is 0. The van der Waals surface area contributed by atoms with Crippen molar-refractivity contribution in [3.8, 4) is 0 Å². The Morgan fingerprint density at radius 1 is 0.857 bits per heavy atom. The summed E-state index contributed by atoms with van der Waals surface area (Å²) in [4.78, 5) is 0.0495. The molecule has 106 valence electrons. The predicted molar refractivity (Wildman–Crippen MR) is 85.7 cm³/mol. The molecule has 21 heavy (non-hydrogen) atoms. The van der Waals surface area contributed by atoms with E-state index in [2.05, 4.69) is 40.2 Å². The lowest BCUT2D eigenvalue weighted by Crippen LogP contribution is -1.98. The van der Waals surface area contributed by atoms with Gasteiger partial charge in [0.25, 0.3) is 0 Å². The van der Waals surface area contributed by atoms with Crippen molar-refractivity contribution in [3.63, 3.8) is 0 Å². The molecule has 0 bridgehead atoms. The zero-order valence-corrected chi connectivity index (χ0v) is 12.8. The van der Waals surface area contributed by atoms with Gasteiger partial charge in [-0.25, -0.2) is 8.78 Å². The fraction of sp³-hybridized carbons (Fsp3) is 0.111. The first kappa shape index (κ1) is 14.2. The van der Waals surface area contributed by atoms with Crippen molar-refractivity contribution in [1.29, 1.82) is 0 Å². The van der Waals surface area contributed by atoms with Gasteiger partial charge in [-0.15, -0.1) is 0 Å². The Morgan fingerprint density at radius 3 is 2.43 bits per heavy atom. The molecule has 0 aliphatic heterocycles. The van der Waals surface area contributed by atoms with Gasteiger partial charge >= 0.3 is 0 Å². The van der Waals surface area contributed by atoms with Gasteiger partial charge < -0.3 is 0 Å². The Hall–Kier alpha value is -1.74. The maximum atomic E-state index is 13.3. The van der Waals surface area contributed by atoms with Gasteiger partial charge in [0, 0.05) is 4.83 Å². The number of fused-ring (bicyclic) bond motifs is 1. The number of alkyl halides is 1. The Balaban J connectivity index is 1.93. The summed E-state index contributed by atoms with van der Waals surface area (Å²) >= 11 is 3.67. The smallest absolute Gasteiger partial charge is 0.159 e. The Kier molecular flexibility index (Phi) is 4.02. The van der Waals surface area contributed by atoms with Crippen molar-refractivity contribution in [2.75, 3.05) is 0 Å². The predicted octanol–water partition coefficient (Wildman–Crippen LogP) is 5.80. The van der Waals surface area contributed by atoms with Crippen molar-refractivity contribution in [1.82, 2.24) is 0 Å². The summed E-state index contributed by atoms with van der Waals surface area (Å²) in [5.74, 6) is -1.61. The highest BCUT2D eigenvalue weighted by atomic mass is 79.9. The van der Waals surface area contributed by atoms with Crippen LogP contribution in [0.25, 0.3) is 10.8 Å². The van der Waals surface area contributed by atoms with Crippen molar-refractivity contribution < 1.29 is 8.78 Å². The summed E-state index contributed by atoms with van der Waals surface area (Å²) in [6.07, 6.45) is 0.602. The number of rotatable bonds is 3. The van der Waals surface area contributed by atoms with Crippen LogP contribution in [-0.4, -0.2) is 0 Å². The normalized spacial score (nSPS) is 12.5. The molecule has 1 unspecified atom stereocenters. The van der Waals surface area contributed by atoms with E-state index < -0.39 is 11.6 Å². The van der Waals surface area contributed by atoms with Crippen molar-refractivity contribution >= 4 is 26.7 Å². The second-order valence-corrected chi connectivity index (χ2v) is 6.09. The molecular formula is C18H13BrF2. The average Bonchev–Trinajstić information content (AvgIpc) is 2.50. The van der Waals surface area contributed by atoms with Crippen LogP contribution in [0.4, 0.5) is 8.78 Å². The minimum absolute atomic E-state index is 0.0495. The highest BCUT2D eigenvalue weighted by molar-refractivity contribution is 9.09. The van der Waals surface area contributed by atoms with Gasteiger partial charge in [0.15, 0.2) is 11.6 Å². The minimum atomic E-state index is -0.810. The molecule has 0 spiro atoms. The fourth-order valence-electron chi connectivity index (χ4n) is 2.51. The Bertz CT molecular complexity index is 778. The van der Waals surface area contributed by atoms with Gasteiger partial charge in [0.05, 0.1) is 0 Å². The Morgan fingerprint density at radius 2 is 1.62 bits per heavy atom. The van der Waals surface area contributed by atoms with Gasteiger partial charge in [0.2, 0.25) is 0 Å². The monoisotopic (exact) mass is 346 g/mol. The molecule has 0 amide bonds. The van der Waals surface area contributed by atoms with E-state index in [1.54, 1.807) is 6.07 Å². The van der Waals surface area contributed by atoms with Crippen molar-refractivity contribution in [2.45, 2.75) is 11.2 Å². The molecule has 0 nitrogen and oxygen atoms in total. The van der Waals surface area contributed by atoms with Crippen LogP contribution in [0.2, 0.25) is 0 Å². The van der Waals surface area contributed by atoms with Crippen molar-refractivity contribution in [3.05, 3.63) is 83.4 Å². The van der Waals surface area contributed by atoms with Gasteiger partial charge in [0.1, 0.15) is 0 Å². The van der Waals surface area contributed by atoms with Crippen LogP contribution in [0.5, 0.6) is 0 Å². The molecule has 0 aliphatic rings. The molecule has 0 saturated heterocycles. The molecule has 3 aromatic carbocycles. The van der Waals surface area contributed by atoms with Crippen LogP contribution >= 0.6 is 15.9 Å². The lowest BCUT2D eigenvalue weighted by atomic mass is 9.98. The minimum Gasteiger partial charge on any atom is -0.204 e. The van der Waals surface area contributed by atoms with Crippen LogP contribution < -0.4 is 0 Å². The number of halogens is 3. The first-order valence-electron chi connectivity index (χ1n) is 6.71. The van der Waals surface area contributed by atoms with Gasteiger partial charge in [-0.2, -0.15) is 0 Å². The van der Waals surface area contributed by atoms with E-state index in [-0.39, 0.29) is 4.83 Å². The molecule has 0 saturated carbocycles. The summed E-state index contributed by atoms with van der Waals surface area (Å²) in [5, 5.41) is 2.34. The van der Waals surface area contributed by atoms with Crippen LogP contribution in [0.3, 0.4) is 0 Å². The maximum Gasteiger partial charge on any atom is 0.159 e. The highest BCUT2D eigenvalue weighted by Crippen LogP contribution is 2.32. The summed E-state index contributed by atoms with van der Waals surface area (Å²) in [5.41, 5.74) is 1.92. The largest absolute Gasteiger partial charge is 0.204 e. The van der Waals surface area contributed by atoms with Crippen LogP contribution in [-0.2, 0) is 6.42 Å². The third kappa shape index (κ3) is 2.98. The average molecular weight is 347 g/mol. The van der Waals surface area contributed by atoms with Crippen LogP contribution in [0.15, 0.2) is 60.7 Å². The lowest BCUT2D eigenvalue weighted by Gasteiger charge is -2.13. The molecule has 0 radical (unpaired) electrons. The lowest BCUT2D eigenvalue weighted by molar-refractivity contribution is 0.507. The SMILES string of the molecule is Fc1ccc(CC(Br)c2cccc3ccccc23)cc1F. The number of hydrogen-bond donors (Lipinski definition) is 0. The Labute approximate surface area is 130 Å². The van der Waals surface area contributed by atoms with E-state index in [4.69, 9.17) is 0 Å². The highest BCUT2D eigenvalue weighted by Gasteiger charge is 2.13. The fourth-order valence-corrected chi connectivity index (χ4v) is 3.28. The molecule has 3 heteroatoms. The van der Waals surface area contributed by atoms with Crippen LogP contribution in [0.1, 0.15) is 16.0 Å². The molecule has 3 rings (SSSR count). The molecule has 0 N–H and O–H groups in total. The van der Waals surface area contributed by atoms with Crippen LogP contribution in [0, 0.1) is 11.6 Å². The van der Waals surface area contributed by atoms with E-state index >= 15 is 0 Å². The topological polar surface area (TPSA) is 0 Å². The zero-order chi connectivity index (χ0) is 14.8. The van der Waals surface area contributed by atoms with Gasteiger partial charge in [-0.1, -0.05) is 64.5 Å². The summed E-state index contributed by atoms with van der Waals surface area (Å²) < 4.78 is 26.3. The second kappa shape index (κ2) is 5.94. The van der Waals surface area contributed by atoms with E-state index in [9.17, 15) is 8.78 Å². The van der Waals surface area contributed by atoms with E-state index in [1.165, 1.54) is 22.9 Å². The van der Waals surface area contributed by atoms with E-state index in [0.29, 0.717) is 6.42 Å². The quantitative estimate of drug-likeness (QED) is 0.526. The van der Waals surface area contributed by atoms with Crippen molar-refractivity contribution in [2.24, 2.45) is 0 Å². The molecule has 0 fully saturated rings. The third-order valence-corrected chi connectivity index (χ3v) is 4.38. The van der Waals surface area contributed by atoms with E-state index in [0.717, 1.165) is 11.1 Å². The molecular weight excluding hydrogens is 334 g/mol. The van der Waals surface area contributed by atoms with Gasteiger partial charge in [-0.05, 0) is 40.5 Å². The second-order valence-electron chi connectivity index (χ2n) is 4.99. The number of hydrogen-bond acceptors (Lipinski definition) is 0. The van der Waals surface area contributed by atoms with Gasteiger partial charge in [-0.3, -0.25) is 0 Å². The third-order valence-electron chi connectivity index (χ3n) is 3.56. The molecule has 0 aromatic heterocycles. The first-order chi connectivity index (χ1) is 10.1. The standard InChI is InChI=1S/C18H13BrF2/c19-16(10-12-8-9-17(20)18(21)11-12)15-7-3-5-13-4-1-2-6-14(13)15/h1-9,11,16H,10H2. The maximum absolute atomic E-state index is 13.3. The summed E-state index contributed by atoms with van der Waals surface area (Å²) in [6, 6.07) is 18.3. The molecule has 0 aliphatic carbocycles. The molecule has 3 aromatic rings.